The largest absolute Gasteiger partial charge is 0.360 e. The van der Waals surface area contributed by atoms with Crippen LogP contribution in [0.4, 0.5) is 4.39 Å². The maximum Gasteiger partial charge on any atom is 0.143 e. The Hall–Kier alpha value is -3.72. The van der Waals surface area contributed by atoms with Crippen LogP contribution in [-0.2, 0) is 0 Å². The van der Waals surface area contributed by atoms with Crippen molar-refractivity contribution in [2.45, 2.75) is 6.92 Å². The van der Waals surface area contributed by atoms with E-state index in [-0.39, 0.29) is 5.82 Å². The van der Waals surface area contributed by atoms with Crippen molar-refractivity contribution in [1.82, 2.24) is 14.7 Å². The third-order valence-electron chi connectivity index (χ3n) is 4.11. The minimum absolute atomic E-state index is 0.305. The summed E-state index contributed by atoms with van der Waals surface area (Å²) in [5.74, 6) is 0.329. The van der Waals surface area contributed by atoms with Crippen LogP contribution in [0.2, 0.25) is 0 Å². The second kappa shape index (κ2) is 6.30. The topological polar surface area (TPSA) is 67.6 Å². The predicted molar refractivity (Wildman–Crippen MR) is 93.9 cm³/mol. The van der Waals surface area contributed by atoms with Crippen molar-refractivity contribution in [3.05, 3.63) is 78.2 Å². The molecule has 0 amide bonds. The highest BCUT2D eigenvalue weighted by molar-refractivity contribution is 5.80. The Bertz CT molecular complexity index is 1100. The second-order valence-corrected chi connectivity index (χ2v) is 5.79. The van der Waals surface area contributed by atoms with E-state index >= 15 is 0 Å². The van der Waals surface area contributed by atoms with Crippen molar-refractivity contribution in [2.24, 2.45) is 0 Å². The molecular formula is C20H13FN4O. The van der Waals surface area contributed by atoms with Gasteiger partial charge in [0.25, 0.3) is 0 Å². The van der Waals surface area contributed by atoms with Crippen LogP contribution in [0.25, 0.3) is 28.2 Å². The molecule has 5 nitrogen and oxygen atoms in total. The van der Waals surface area contributed by atoms with Gasteiger partial charge in [-0.3, -0.25) is 0 Å². The molecule has 0 N–H and O–H groups in total. The van der Waals surface area contributed by atoms with Gasteiger partial charge in [-0.05, 0) is 55.5 Å². The third-order valence-corrected chi connectivity index (χ3v) is 4.11. The maximum atomic E-state index is 13.2. The number of imidazole rings is 1. The molecule has 4 aromatic rings. The van der Waals surface area contributed by atoms with Crippen LogP contribution in [-0.4, -0.2) is 14.7 Å². The molecule has 2 aromatic carbocycles. The van der Waals surface area contributed by atoms with Gasteiger partial charge >= 0.3 is 0 Å². The number of halogens is 1. The van der Waals surface area contributed by atoms with E-state index in [1.54, 1.807) is 30.6 Å². The summed E-state index contributed by atoms with van der Waals surface area (Å²) < 4.78 is 20.4. The normalized spacial score (nSPS) is 10.7. The van der Waals surface area contributed by atoms with Crippen LogP contribution in [0.1, 0.15) is 11.3 Å². The van der Waals surface area contributed by atoms with Gasteiger partial charge in [-0.25, -0.2) is 9.37 Å². The molecule has 0 radical (unpaired) electrons. The molecule has 26 heavy (non-hydrogen) atoms. The number of aromatic nitrogens is 3. The van der Waals surface area contributed by atoms with Crippen molar-refractivity contribution < 1.29 is 8.91 Å². The Balaban J connectivity index is 1.75. The molecule has 0 aliphatic heterocycles. The number of nitriles is 1. The van der Waals surface area contributed by atoms with E-state index < -0.39 is 0 Å². The van der Waals surface area contributed by atoms with Crippen molar-refractivity contribution >= 4 is 0 Å². The van der Waals surface area contributed by atoms with E-state index in [0.29, 0.717) is 22.7 Å². The molecule has 0 unspecified atom stereocenters. The van der Waals surface area contributed by atoms with Gasteiger partial charge in [0.1, 0.15) is 17.3 Å². The zero-order valence-corrected chi connectivity index (χ0v) is 13.8. The Kier molecular flexibility index (Phi) is 3.82. The molecule has 0 atom stereocenters. The molecule has 0 saturated heterocycles. The minimum Gasteiger partial charge on any atom is -0.360 e. The van der Waals surface area contributed by atoms with Gasteiger partial charge in [0.05, 0.1) is 29.2 Å². The molecular weight excluding hydrogens is 331 g/mol. The van der Waals surface area contributed by atoms with Gasteiger partial charge in [-0.2, -0.15) is 5.26 Å². The lowest BCUT2D eigenvalue weighted by molar-refractivity contribution is 0.400. The van der Waals surface area contributed by atoms with Crippen LogP contribution < -0.4 is 0 Å². The van der Waals surface area contributed by atoms with Crippen molar-refractivity contribution in [1.29, 1.82) is 5.26 Å². The lowest BCUT2D eigenvalue weighted by Gasteiger charge is -2.02. The summed E-state index contributed by atoms with van der Waals surface area (Å²) in [6, 6.07) is 15.4. The number of hydrogen-bond acceptors (Lipinski definition) is 4. The fraction of sp³-hybridized carbons (Fsp3) is 0.0500. The van der Waals surface area contributed by atoms with Crippen LogP contribution in [0, 0.1) is 24.1 Å². The average Bonchev–Trinajstić information content (AvgIpc) is 3.29. The number of benzene rings is 2. The second-order valence-electron chi connectivity index (χ2n) is 5.79. The highest BCUT2D eigenvalue weighted by Gasteiger charge is 2.19. The Morgan fingerprint density at radius 3 is 2.50 bits per heavy atom. The highest BCUT2D eigenvalue weighted by atomic mass is 19.1. The summed E-state index contributed by atoms with van der Waals surface area (Å²) in [4.78, 5) is 4.47. The smallest absolute Gasteiger partial charge is 0.143 e. The van der Waals surface area contributed by atoms with Gasteiger partial charge in [0.2, 0.25) is 0 Å². The lowest BCUT2D eigenvalue weighted by atomic mass is 10.0. The van der Waals surface area contributed by atoms with Gasteiger partial charge in [-0.15, -0.1) is 0 Å². The third kappa shape index (κ3) is 2.76. The Morgan fingerprint density at radius 1 is 1.08 bits per heavy atom. The van der Waals surface area contributed by atoms with E-state index in [0.717, 1.165) is 16.8 Å². The first-order chi connectivity index (χ1) is 12.7. The van der Waals surface area contributed by atoms with E-state index in [4.69, 9.17) is 9.78 Å². The molecule has 0 bridgehead atoms. The van der Waals surface area contributed by atoms with Crippen LogP contribution in [0.15, 0.2) is 65.6 Å². The standard InChI is InChI=1S/C20H13FN4O/c1-13-19(20(24-26-13)15-4-6-16(21)7-5-15)18-11-25(12-23-18)17-8-2-14(10-22)3-9-17/h2-9,11-12H,1H3. The van der Waals surface area contributed by atoms with Gasteiger partial charge in [0.15, 0.2) is 0 Å². The first kappa shape index (κ1) is 15.8. The Morgan fingerprint density at radius 2 is 1.81 bits per heavy atom. The predicted octanol–water partition coefficient (Wildman–Crippen LogP) is 4.51. The summed E-state index contributed by atoms with van der Waals surface area (Å²) in [6.45, 7) is 1.82. The highest BCUT2D eigenvalue weighted by Crippen LogP contribution is 2.33. The molecule has 0 aliphatic rings. The lowest BCUT2D eigenvalue weighted by Crippen LogP contribution is -1.89. The number of nitrogens with zero attached hydrogens (tertiary/aromatic N) is 4. The molecule has 6 heteroatoms. The zero-order valence-electron chi connectivity index (χ0n) is 13.8. The average molecular weight is 344 g/mol. The van der Waals surface area contributed by atoms with Crippen molar-refractivity contribution in [3.8, 4) is 34.3 Å². The number of rotatable bonds is 3. The fourth-order valence-corrected chi connectivity index (χ4v) is 2.78. The van der Waals surface area contributed by atoms with E-state index in [1.807, 2.05) is 29.8 Å². The van der Waals surface area contributed by atoms with Gasteiger partial charge < -0.3 is 9.09 Å². The monoisotopic (exact) mass is 344 g/mol. The van der Waals surface area contributed by atoms with Crippen LogP contribution in [0.5, 0.6) is 0 Å². The SMILES string of the molecule is Cc1onc(-c2ccc(F)cc2)c1-c1cn(-c2ccc(C#N)cc2)cn1. The van der Waals surface area contributed by atoms with Crippen molar-refractivity contribution in [2.75, 3.05) is 0 Å². The van der Waals surface area contributed by atoms with E-state index in [1.165, 1.54) is 12.1 Å². The zero-order chi connectivity index (χ0) is 18.1. The van der Waals surface area contributed by atoms with Crippen LogP contribution >= 0.6 is 0 Å². The molecule has 0 spiro atoms. The van der Waals surface area contributed by atoms with Crippen LogP contribution in [0.3, 0.4) is 0 Å². The minimum atomic E-state index is -0.305. The number of aryl methyl sites for hydroxylation is 1. The van der Waals surface area contributed by atoms with E-state index in [9.17, 15) is 4.39 Å². The molecule has 0 fully saturated rings. The summed E-state index contributed by atoms with van der Waals surface area (Å²) in [6.07, 6.45) is 3.56. The van der Waals surface area contributed by atoms with Gasteiger partial charge in [0, 0.05) is 17.4 Å². The van der Waals surface area contributed by atoms with Gasteiger partial charge in [-0.1, -0.05) is 5.16 Å². The van der Waals surface area contributed by atoms with E-state index in [2.05, 4.69) is 16.2 Å². The molecule has 4 rings (SSSR count). The molecule has 2 heterocycles. The quantitative estimate of drug-likeness (QED) is 0.548. The summed E-state index contributed by atoms with van der Waals surface area (Å²) in [5.41, 5.74) is 4.33. The summed E-state index contributed by atoms with van der Waals surface area (Å²) in [5, 5.41) is 13.0. The maximum absolute atomic E-state index is 13.2. The Labute approximate surface area is 148 Å². The number of hydrogen-bond donors (Lipinski definition) is 0. The summed E-state index contributed by atoms with van der Waals surface area (Å²) in [7, 11) is 0. The fourth-order valence-electron chi connectivity index (χ4n) is 2.78. The molecule has 2 aromatic heterocycles. The van der Waals surface area contributed by atoms with Crippen molar-refractivity contribution in [3.63, 3.8) is 0 Å². The first-order valence-corrected chi connectivity index (χ1v) is 7.93. The summed E-state index contributed by atoms with van der Waals surface area (Å²) >= 11 is 0. The molecule has 0 saturated carbocycles. The molecule has 126 valence electrons. The first-order valence-electron chi connectivity index (χ1n) is 7.93. The molecule has 0 aliphatic carbocycles.